The molecule has 86 valence electrons. The molecule has 0 aromatic carbocycles. The topological polar surface area (TPSA) is 77.8 Å². The van der Waals surface area contributed by atoms with Crippen molar-refractivity contribution >= 4 is 11.8 Å². The second-order valence-corrected chi connectivity index (χ2v) is 5.11. The van der Waals surface area contributed by atoms with Crippen LogP contribution in [0.2, 0.25) is 0 Å². The van der Waals surface area contributed by atoms with E-state index in [1.54, 1.807) is 0 Å². The third-order valence-electron chi connectivity index (χ3n) is 4.13. The van der Waals surface area contributed by atoms with Crippen LogP contribution in [0.1, 0.15) is 36.9 Å². The molecule has 0 radical (unpaired) electrons. The Morgan fingerprint density at radius 2 is 1.62 bits per heavy atom. The van der Waals surface area contributed by atoms with Gasteiger partial charge in [-0.1, -0.05) is 12.8 Å². The van der Waals surface area contributed by atoms with Crippen molar-refractivity contribution < 1.29 is 0 Å². The molecule has 1 aromatic heterocycles. The van der Waals surface area contributed by atoms with E-state index in [0.717, 1.165) is 35.9 Å². The van der Waals surface area contributed by atoms with Crippen molar-refractivity contribution in [3.63, 3.8) is 0 Å². The highest BCUT2D eigenvalue weighted by Crippen LogP contribution is 2.40. The molecule has 4 N–H and O–H groups in total. The van der Waals surface area contributed by atoms with Crippen LogP contribution in [0.25, 0.3) is 0 Å². The Morgan fingerprint density at radius 1 is 0.938 bits per heavy atom. The number of hydrogen-bond donors (Lipinski definition) is 2. The third kappa shape index (κ3) is 1.52. The van der Waals surface area contributed by atoms with E-state index in [2.05, 4.69) is 9.97 Å². The lowest BCUT2D eigenvalue weighted by molar-refractivity contribution is 0.218. The van der Waals surface area contributed by atoms with Crippen molar-refractivity contribution in [3.8, 4) is 0 Å². The minimum absolute atomic E-state index is 0.325. The lowest BCUT2D eigenvalue weighted by atomic mass is 9.70. The molecule has 2 aliphatic rings. The van der Waals surface area contributed by atoms with E-state index >= 15 is 0 Å². The zero-order valence-electron chi connectivity index (χ0n) is 9.45. The number of aromatic nitrogens is 2. The Morgan fingerprint density at radius 3 is 2.38 bits per heavy atom. The van der Waals surface area contributed by atoms with Gasteiger partial charge in [0.2, 0.25) is 5.95 Å². The van der Waals surface area contributed by atoms with Gasteiger partial charge in [0.1, 0.15) is 5.82 Å². The predicted molar refractivity (Wildman–Crippen MR) is 63.7 cm³/mol. The predicted octanol–water partition coefficient (Wildman–Crippen LogP) is 1.55. The van der Waals surface area contributed by atoms with Crippen molar-refractivity contribution in [1.82, 2.24) is 9.97 Å². The summed E-state index contributed by atoms with van der Waals surface area (Å²) in [7, 11) is 0. The summed E-state index contributed by atoms with van der Waals surface area (Å²) in [6, 6.07) is 0. The maximum atomic E-state index is 5.93. The van der Waals surface area contributed by atoms with Gasteiger partial charge in [-0.15, -0.1) is 0 Å². The minimum Gasteiger partial charge on any atom is -0.383 e. The summed E-state index contributed by atoms with van der Waals surface area (Å²) < 4.78 is 0. The summed E-state index contributed by atoms with van der Waals surface area (Å²) in [5, 5.41) is 0. The smallest absolute Gasteiger partial charge is 0.222 e. The summed E-state index contributed by atoms with van der Waals surface area (Å²) >= 11 is 0. The zero-order valence-corrected chi connectivity index (χ0v) is 9.45. The van der Waals surface area contributed by atoms with Crippen LogP contribution in [0.15, 0.2) is 0 Å². The van der Waals surface area contributed by atoms with Crippen molar-refractivity contribution in [2.24, 2.45) is 11.8 Å². The van der Waals surface area contributed by atoms with Crippen LogP contribution < -0.4 is 11.5 Å². The van der Waals surface area contributed by atoms with Crippen molar-refractivity contribution in [3.05, 3.63) is 11.3 Å². The highest BCUT2D eigenvalue weighted by Gasteiger charge is 2.32. The number of anilines is 2. The van der Waals surface area contributed by atoms with E-state index in [1.165, 1.54) is 25.7 Å². The Kier molecular flexibility index (Phi) is 2.23. The molecule has 0 bridgehead atoms. The van der Waals surface area contributed by atoms with Crippen LogP contribution in [0, 0.1) is 11.8 Å². The van der Waals surface area contributed by atoms with Gasteiger partial charge in [-0.05, 0) is 37.5 Å². The summed E-state index contributed by atoms with van der Waals surface area (Å²) in [4.78, 5) is 8.42. The van der Waals surface area contributed by atoms with Gasteiger partial charge >= 0.3 is 0 Å². The monoisotopic (exact) mass is 218 g/mol. The van der Waals surface area contributed by atoms with E-state index in [1.807, 2.05) is 0 Å². The van der Waals surface area contributed by atoms with Gasteiger partial charge in [0.25, 0.3) is 0 Å². The molecule has 1 aromatic rings. The Bertz CT molecular complexity index is 416. The molecule has 16 heavy (non-hydrogen) atoms. The van der Waals surface area contributed by atoms with E-state index in [0.29, 0.717) is 11.8 Å². The molecule has 1 fully saturated rings. The molecule has 1 heterocycles. The summed E-state index contributed by atoms with van der Waals surface area (Å²) in [5.74, 6) is 2.53. The van der Waals surface area contributed by atoms with E-state index < -0.39 is 0 Å². The van der Waals surface area contributed by atoms with Gasteiger partial charge in [-0.25, -0.2) is 4.98 Å². The lowest BCUT2D eigenvalue weighted by Crippen LogP contribution is -2.30. The van der Waals surface area contributed by atoms with Crippen LogP contribution in [-0.4, -0.2) is 9.97 Å². The summed E-state index contributed by atoms with van der Waals surface area (Å²) in [6.07, 6.45) is 7.53. The molecule has 3 rings (SSSR count). The fourth-order valence-electron chi connectivity index (χ4n) is 3.29. The molecule has 4 heteroatoms. The van der Waals surface area contributed by atoms with Gasteiger partial charge in [0, 0.05) is 5.56 Å². The molecular formula is C12H18N4. The fraction of sp³-hybridized carbons (Fsp3) is 0.667. The molecule has 2 unspecified atom stereocenters. The molecule has 1 saturated carbocycles. The summed E-state index contributed by atoms with van der Waals surface area (Å²) in [5.41, 5.74) is 13.9. The second kappa shape index (κ2) is 3.61. The first kappa shape index (κ1) is 9.87. The van der Waals surface area contributed by atoms with Crippen LogP contribution >= 0.6 is 0 Å². The van der Waals surface area contributed by atoms with Gasteiger partial charge in [-0.3, -0.25) is 0 Å². The highest BCUT2D eigenvalue weighted by atomic mass is 15.0. The van der Waals surface area contributed by atoms with E-state index in [-0.39, 0.29) is 0 Å². The van der Waals surface area contributed by atoms with Crippen molar-refractivity contribution in [2.75, 3.05) is 11.5 Å². The number of nitrogens with zero attached hydrogens (tertiary/aromatic N) is 2. The van der Waals surface area contributed by atoms with Gasteiger partial charge in [0.15, 0.2) is 0 Å². The molecule has 0 spiro atoms. The Hall–Kier alpha value is -1.32. The molecule has 4 nitrogen and oxygen atoms in total. The summed E-state index contributed by atoms with van der Waals surface area (Å²) in [6.45, 7) is 0. The average Bonchev–Trinajstić information content (AvgIpc) is 2.27. The number of fused-ring (bicyclic) bond motifs is 2. The standard InChI is InChI=1S/C12H18N4/c13-11-9-5-7-3-1-2-4-8(7)6-10(9)15-12(14)16-11/h7-8H,1-6H2,(H4,13,14,15,16). The Labute approximate surface area is 95.5 Å². The largest absolute Gasteiger partial charge is 0.383 e. The Balaban J connectivity index is 1.98. The van der Waals surface area contributed by atoms with Crippen molar-refractivity contribution in [2.45, 2.75) is 38.5 Å². The molecule has 2 atom stereocenters. The van der Waals surface area contributed by atoms with Gasteiger partial charge < -0.3 is 11.5 Å². The van der Waals surface area contributed by atoms with Crippen LogP contribution in [0.3, 0.4) is 0 Å². The fourth-order valence-corrected chi connectivity index (χ4v) is 3.29. The normalized spacial score (nSPS) is 28.2. The van der Waals surface area contributed by atoms with Gasteiger partial charge in [0.05, 0.1) is 5.69 Å². The number of nitrogen functional groups attached to an aromatic ring is 2. The maximum absolute atomic E-state index is 5.93. The number of nitrogens with two attached hydrogens (primary N) is 2. The minimum atomic E-state index is 0.325. The number of hydrogen-bond acceptors (Lipinski definition) is 4. The zero-order chi connectivity index (χ0) is 11.1. The third-order valence-corrected chi connectivity index (χ3v) is 4.13. The second-order valence-electron chi connectivity index (χ2n) is 5.11. The van der Waals surface area contributed by atoms with Crippen LogP contribution in [0.4, 0.5) is 11.8 Å². The van der Waals surface area contributed by atoms with E-state index in [4.69, 9.17) is 11.5 Å². The molecule has 0 aliphatic heterocycles. The highest BCUT2D eigenvalue weighted by molar-refractivity contribution is 5.47. The van der Waals surface area contributed by atoms with E-state index in [9.17, 15) is 0 Å². The first-order valence-corrected chi connectivity index (χ1v) is 6.15. The first-order chi connectivity index (χ1) is 7.74. The van der Waals surface area contributed by atoms with Crippen molar-refractivity contribution in [1.29, 1.82) is 0 Å². The maximum Gasteiger partial charge on any atom is 0.222 e. The van der Waals surface area contributed by atoms with Crippen LogP contribution in [0.5, 0.6) is 0 Å². The lowest BCUT2D eigenvalue weighted by Gasteiger charge is -2.36. The molecular weight excluding hydrogens is 200 g/mol. The molecule has 0 saturated heterocycles. The SMILES string of the molecule is Nc1nc(N)c2c(n1)CC1CCCCC1C2. The average molecular weight is 218 g/mol. The van der Waals surface area contributed by atoms with Gasteiger partial charge in [-0.2, -0.15) is 4.98 Å². The first-order valence-electron chi connectivity index (χ1n) is 6.15. The van der Waals surface area contributed by atoms with Crippen LogP contribution in [-0.2, 0) is 12.8 Å². The molecule has 0 amide bonds. The quantitative estimate of drug-likeness (QED) is 0.692. The number of rotatable bonds is 0. The molecule has 2 aliphatic carbocycles.